The Bertz CT molecular complexity index is 347. The highest BCUT2D eigenvalue weighted by Crippen LogP contribution is 2.28. The summed E-state index contributed by atoms with van der Waals surface area (Å²) in [6.45, 7) is 2.23. The Hall–Kier alpha value is -1.25. The largest absolute Gasteiger partial charge is 0.490 e. The molecule has 0 bridgehead atoms. The van der Waals surface area contributed by atoms with E-state index in [1.807, 2.05) is 0 Å². The molecule has 1 aliphatic carbocycles. The minimum atomic E-state index is -0.334. The molecule has 2 rings (SSSR count). The second kappa shape index (κ2) is 4.73. The molecule has 2 nitrogen and oxygen atoms in total. The second-order valence-electron chi connectivity index (χ2n) is 4.73. The lowest BCUT2D eigenvalue weighted by Gasteiger charge is -2.27. The Morgan fingerprint density at radius 1 is 1.31 bits per heavy atom. The number of anilines is 1. The predicted molar refractivity (Wildman–Crippen MR) is 62.9 cm³/mol. The molecule has 0 amide bonds. The Labute approximate surface area is 95.6 Å². The SMILES string of the molecule is CC1CCCC(Oc2cc(N)cc(F)c2)C1. The number of nitrogens with two attached hydrogens (primary N) is 1. The zero-order valence-corrected chi connectivity index (χ0v) is 9.58. The standard InChI is InChI=1S/C13H18FNO/c1-9-3-2-4-12(5-9)16-13-7-10(14)6-11(15)8-13/h6-9,12H,2-5,15H2,1H3. The van der Waals surface area contributed by atoms with Crippen LogP contribution in [-0.4, -0.2) is 6.10 Å². The van der Waals surface area contributed by atoms with E-state index in [1.54, 1.807) is 6.07 Å². The zero-order valence-electron chi connectivity index (χ0n) is 9.58. The van der Waals surface area contributed by atoms with Crippen molar-refractivity contribution in [1.82, 2.24) is 0 Å². The van der Waals surface area contributed by atoms with E-state index in [2.05, 4.69) is 6.92 Å². The van der Waals surface area contributed by atoms with Gasteiger partial charge in [-0.05, 0) is 31.2 Å². The molecule has 2 atom stereocenters. The number of benzene rings is 1. The van der Waals surface area contributed by atoms with E-state index in [-0.39, 0.29) is 11.9 Å². The fourth-order valence-electron chi connectivity index (χ4n) is 2.33. The van der Waals surface area contributed by atoms with E-state index in [0.717, 1.165) is 12.8 Å². The van der Waals surface area contributed by atoms with Gasteiger partial charge in [0.15, 0.2) is 0 Å². The fourth-order valence-corrected chi connectivity index (χ4v) is 2.33. The predicted octanol–water partition coefficient (Wildman–Crippen LogP) is 3.37. The molecule has 88 valence electrons. The molecule has 0 radical (unpaired) electrons. The highest BCUT2D eigenvalue weighted by molar-refractivity contribution is 5.44. The summed E-state index contributed by atoms with van der Waals surface area (Å²) < 4.78 is 18.9. The van der Waals surface area contributed by atoms with Crippen molar-refractivity contribution in [3.05, 3.63) is 24.0 Å². The molecule has 1 aliphatic rings. The van der Waals surface area contributed by atoms with Crippen LogP contribution < -0.4 is 10.5 Å². The first kappa shape index (κ1) is 11.2. The molecule has 0 saturated heterocycles. The minimum Gasteiger partial charge on any atom is -0.490 e. The van der Waals surface area contributed by atoms with Crippen molar-refractivity contribution < 1.29 is 9.13 Å². The van der Waals surface area contributed by atoms with Crippen LogP contribution in [0.5, 0.6) is 5.75 Å². The number of hydrogen-bond acceptors (Lipinski definition) is 2. The van der Waals surface area contributed by atoms with E-state index < -0.39 is 0 Å². The van der Waals surface area contributed by atoms with Crippen molar-refractivity contribution >= 4 is 5.69 Å². The molecule has 1 fully saturated rings. The van der Waals surface area contributed by atoms with Crippen LogP contribution in [0.25, 0.3) is 0 Å². The van der Waals surface area contributed by atoms with Crippen molar-refractivity contribution in [2.24, 2.45) is 5.92 Å². The van der Waals surface area contributed by atoms with Crippen LogP contribution in [0.1, 0.15) is 32.6 Å². The molecular formula is C13H18FNO. The van der Waals surface area contributed by atoms with Gasteiger partial charge in [0, 0.05) is 17.8 Å². The first-order valence-corrected chi connectivity index (χ1v) is 5.86. The molecule has 0 aromatic heterocycles. The summed E-state index contributed by atoms with van der Waals surface area (Å²) in [7, 11) is 0. The lowest BCUT2D eigenvalue weighted by Crippen LogP contribution is -2.24. The zero-order chi connectivity index (χ0) is 11.5. The van der Waals surface area contributed by atoms with Gasteiger partial charge >= 0.3 is 0 Å². The van der Waals surface area contributed by atoms with Gasteiger partial charge in [-0.1, -0.05) is 13.3 Å². The van der Waals surface area contributed by atoms with Crippen molar-refractivity contribution in [2.45, 2.75) is 38.7 Å². The van der Waals surface area contributed by atoms with Crippen LogP contribution >= 0.6 is 0 Å². The lowest BCUT2D eigenvalue weighted by atomic mass is 9.89. The molecule has 0 spiro atoms. The third-order valence-corrected chi connectivity index (χ3v) is 3.08. The van der Waals surface area contributed by atoms with Crippen LogP contribution in [-0.2, 0) is 0 Å². The third-order valence-electron chi connectivity index (χ3n) is 3.08. The van der Waals surface area contributed by atoms with Gasteiger partial charge in [0.25, 0.3) is 0 Å². The number of halogens is 1. The van der Waals surface area contributed by atoms with E-state index in [9.17, 15) is 4.39 Å². The van der Waals surface area contributed by atoms with Gasteiger partial charge < -0.3 is 10.5 Å². The fraction of sp³-hybridized carbons (Fsp3) is 0.538. The van der Waals surface area contributed by atoms with Crippen LogP contribution in [0.15, 0.2) is 18.2 Å². The lowest BCUT2D eigenvalue weighted by molar-refractivity contribution is 0.129. The van der Waals surface area contributed by atoms with Crippen LogP contribution in [0.2, 0.25) is 0 Å². The second-order valence-corrected chi connectivity index (χ2v) is 4.73. The van der Waals surface area contributed by atoms with Crippen LogP contribution in [0.4, 0.5) is 10.1 Å². The summed E-state index contributed by atoms with van der Waals surface area (Å²) in [5.41, 5.74) is 5.99. The number of rotatable bonds is 2. The first-order chi connectivity index (χ1) is 7.63. The van der Waals surface area contributed by atoms with Gasteiger partial charge in [0.05, 0.1) is 6.10 Å². The highest BCUT2D eigenvalue weighted by Gasteiger charge is 2.20. The molecule has 1 aromatic carbocycles. The molecule has 2 N–H and O–H groups in total. The molecule has 0 heterocycles. The maximum Gasteiger partial charge on any atom is 0.128 e. The summed E-state index contributed by atoms with van der Waals surface area (Å²) in [6.07, 6.45) is 4.78. The van der Waals surface area contributed by atoms with Gasteiger partial charge in [-0.15, -0.1) is 0 Å². The highest BCUT2D eigenvalue weighted by atomic mass is 19.1. The molecule has 3 heteroatoms. The molecule has 0 aliphatic heterocycles. The summed E-state index contributed by atoms with van der Waals surface area (Å²) in [5, 5.41) is 0. The van der Waals surface area contributed by atoms with Crippen molar-refractivity contribution in [2.75, 3.05) is 5.73 Å². The summed E-state index contributed by atoms with van der Waals surface area (Å²) >= 11 is 0. The van der Waals surface area contributed by atoms with Gasteiger partial charge in [0.2, 0.25) is 0 Å². The van der Waals surface area contributed by atoms with Gasteiger partial charge in [0.1, 0.15) is 11.6 Å². The van der Waals surface area contributed by atoms with Crippen LogP contribution in [0.3, 0.4) is 0 Å². The molecule has 16 heavy (non-hydrogen) atoms. The Kier molecular flexibility index (Phi) is 3.32. The van der Waals surface area contributed by atoms with E-state index in [4.69, 9.17) is 10.5 Å². The van der Waals surface area contributed by atoms with Crippen molar-refractivity contribution in [3.8, 4) is 5.75 Å². The molecular weight excluding hydrogens is 205 g/mol. The summed E-state index contributed by atoms with van der Waals surface area (Å²) in [5.74, 6) is 0.917. The van der Waals surface area contributed by atoms with E-state index in [0.29, 0.717) is 17.4 Å². The average molecular weight is 223 g/mol. The Morgan fingerprint density at radius 3 is 2.81 bits per heavy atom. The molecule has 1 aromatic rings. The number of nitrogen functional groups attached to an aromatic ring is 1. The molecule has 2 unspecified atom stereocenters. The maximum absolute atomic E-state index is 13.1. The normalized spacial score (nSPS) is 25.4. The average Bonchev–Trinajstić information content (AvgIpc) is 2.15. The van der Waals surface area contributed by atoms with Crippen molar-refractivity contribution in [3.63, 3.8) is 0 Å². The topological polar surface area (TPSA) is 35.2 Å². The van der Waals surface area contributed by atoms with Gasteiger partial charge in [-0.3, -0.25) is 0 Å². The monoisotopic (exact) mass is 223 g/mol. The van der Waals surface area contributed by atoms with Crippen molar-refractivity contribution in [1.29, 1.82) is 0 Å². The smallest absolute Gasteiger partial charge is 0.128 e. The minimum absolute atomic E-state index is 0.213. The van der Waals surface area contributed by atoms with E-state index in [1.165, 1.54) is 25.0 Å². The summed E-state index contributed by atoms with van der Waals surface area (Å²) in [4.78, 5) is 0. The molecule has 1 saturated carbocycles. The van der Waals surface area contributed by atoms with Crippen LogP contribution in [0, 0.1) is 11.7 Å². The number of ether oxygens (including phenoxy) is 1. The van der Waals surface area contributed by atoms with E-state index >= 15 is 0 Å². The van der Waals surface area contributed by atoms with Gasteiger partial charge in [-0.2, -0.15) is 0 Å². The quantitative estimate of drug-likeness (QED) is 0.780. The Balaban J connectivity index is 2.02. The maximum atomic E-state index is 13.1. The first-order valence-electron chi connectivity index (χ1n) is 5.86. The number of hydrogen-bond donors (Lipinski definition) is 1. The summed E-state index contributed by atoms with van der Waals surface area (Å²) in [6, 6.07) is 4.38. The Morgan fingerprint density at radius 2 is 2.12 bits per heavy atom. The third kappa shape index (κ3) is 2.87. The van der Waals surface area contributed by atoms with Gasteiger partial charge in [-0.25, -0.2) is 4.39 Å².